The Labute approximate surface area is 255 Å². The number of nitrogens with zero attached hydrogens (tertiary/aromatic N) is 3. The molecule has 0 saturated carbocycles. The minimum Gasteiger partial charge on any atom is -0.475 e. The van der Waals surface area contributed by atoms with Gasteiger partial charge < -0.3 is 24.2 Å². The van der Waals surface area contributed by atoms with Gasteiger partial charge in [-0.1, -0.05) is 27.7 Å². The molecule has 0 radical (unpaired) electrons. The topological polar surface area (TPSA) is 94.0 Å². The van der Waals surface area contributed by atoms with E-state index in [4.69, 9.17) is 19.3 Å². The highest BCUT2D eigenvalue weighted by Crippen LogP contribution is 2.40. The van der Waals surface area contributed by atoms with E-state index >= 15 is 0 Å². The number of esters is 1. The van der Waals surface area contributed by atoms with Gasteiger partial charge in [-0.2, -0.15) is 0 Å². The Morgan fingerprint density at radius 1 is 1.00 bits per heavy atom. The monoisotopic (exact) mass is 587 g/mol. The fourth-order valence-electron chi connectivity index (χ4n) is 4.26. The van der Waals surface area contributed by atoms with Crippen LogP contribution in [0.4, 0.5) is 5.69 Å². The highest BCUT2D eigenvalue weighted by molar-refractivity contribution is 5.85. The fraction of sp³-hybridized carbons (Fsp3) is 0.676. The van der Waals surface area contributed by atoms with Crippen LogP contribution >= 0.6 is 0 Å². The Kier molecular flexibility index (Phi) is 15.5. The first kappa shape index (κ1) is 37.3. The van der Waals surface area contributed by atoms with E-state index in [1.54, 1.807) is 20.8 Å². The molecule has 2 aromatic rings. The number of ether oxygens (including phenoxy) is 3. The van der Waals surface area contributed by atoms with Crippen LogP contribution in [0.5, 0.6) is 5.88 Å². The van der Waals surface area contributed by atoms with Crippen molar-refractivity contribution in [2.45, 2.75) is 120 Å². The van der Waals surface area contributed by atoms with E-state index in [2.05, 4.69) is 28.7 Å². The first-order valence-corrected chi connectivity index (χ1v) is 15.4. The summed E-state index contributed by atoms with van der Waals surface area (Å²) < 4.78 is 16.7. The molecule has 0 aromatic carbocycles. The number of piperidine rings is 1. The molecule has 0 aliphatic carbocycles. The van der Waals surface area contributed by atoms with Crippen molar-refractivity contribution in [1.82, 2.24) is 9.97 Å². The highest BCUT2D eigenvalue weighted by Gasteiger charge is 2.29. The van der Waals surface area contributed by atoms with Gasteiger partial charge in [-0.15, -0.1) is 0 Å². The largest absolute Gasteiger partial charge is 0.475 e. The number of carbonyl (C=O) groups excluding carboxylic acids is 1. The van der Waals surface area contributed by atoms with Crippen molar-refractivity contribution in [3.05, 3.63) is 35.8 Å². The summed E-state index contributed by atoms with van der Waals surface area (Å²) in [5, 5.41) is 8.52. The van der Waals surface area contributed by atoms with Gasteiger partial charge in [0.1, 0.15) is 6.61 Å². The highest BCUT2D eigenvalue weighted by atomic mass is 16.5. The summed E-state index contributed by atoms with van der Waals surface area (Å²) in [4.78, 5) is 24.2. The summed E-state index contributed by atoms with van der Waals surface area (Å²) in [5.41, 5.74) is 4.59. The number of aliphatic hydroxyl groups is 1. The van der Waals surface area contributed by atoms with E-state index < -0.39 is 5.60 Å². The average molecular weight is 588 g/mol. The lowest BCUT2D eigenvalue weighted by Gasteiger charge is -2.40. The number of rotatable bonds is 10. The quantitative estimate of drug-likeness (QED) is 0.231. The Bertz CT molecular complexity index is 1060. The molecule has 42 heavy (non-hydrogen) atoms. The van der Waals surface area contributed by atoms with E-state index in [9.17, 15) is 4.79 Å². The molecule has 1 fully saturated rings. The van der Waals surface area contributed by atoms with E-state index in [-0.39, 0.29) is 24.6 Å². The van der Waals surface area contributed by atoms with E-state index in [0.717, 1.165) is 54.0 Å². The number of carbonyl (C=O) groups is 1. The molecule has 2 aromatic heterocycles. The van der Waals surface area contributed by atoms with Crippen molar-refractivity contribution in [2.75, 3.05) is 31.2 Å². The zero-order valence-electron chi connectivity index (χ0n) is 28.3. The number of hydrogen-bond acceptors (Lipinski definition) is 8. The normalized spacial score (nSPS) is 14.5. The van der Waals surface area contributed by atoms with Crippen molar-refractivity contribution in [3.8, 4) is 17.0 Å². The molecule has 0 atom stereocenters. The first-order chi connectivity index (χ1) is 19.6. The summed E-state index contributed by atoms with van der Waals surface area (Å²) >= 11 is 0. The molecule has 3 rings (SSSR count). The van der Waals surface area contributed by atoms with Gasteiger partial charge in [0.05, 0.1) is 36.5 Å². The van der Waals surface area contributed by atoms with Gasteiger partial charge >= 0.3 is 5.97 Å². The van der Waals surface area contributed by atoms with Crippen LogP contribution in [0.1, 0.15) is 100 Å². The maximum atomic E-state index is 12.7. The Morgan fingerprint density at radius 2 is 1.60 bits per heavy atom. The van der Waals surface area contributed by atoms with Gasteiger partial charge in [0, 0.05) is 53.9 Å². The third kappa shape index (κ3) is 14.0. The van der Waals surface area contributed by atoms with Gasteiger partial charge in [0.25, 0.3) is 0 Å². The number of pyridine rings is 2. The zero-order chi connectivity index (χ0) is 32.1. The second-order valence-corrected chi connectivity index (χ2v) is 12.8. The van der Waals surface area contributed by atoms with Crippen molar-refractivity contribution in [3.63, 3.8) is 0 Å². The van der Waals surface area contributed by atoms with E-state index in [1.807, 2.05) is 73.0 Å². The molecule has 0 spiro atoms. The number of anilines is 1. The summed E-state index contributed by atoms with van der Waals surface area (Å²) in [6.45, 7) is 26.4. The fourth-order valence-corrected chi connectivity index (χ4v) is 4.26. The smallest absolute Gasteiger partial charge is 0.310 e. The molecule has 238 valence electrons. The Morgan fingerprint density at radius 3 is 2.10 bits per heavy atom. The van der Waals surface area contributed by atoms with Crippen LogP contribution in [0.25, 0.3) is 11.1 Å². The lowest BCUT2D eigenvalue weighted by molar-refractivity contribution is -0.146. The van der Waals surface area contributed by atoms with E-state index in [1.165, 1.54) is 0 Å². The number of hydrogen-bond donors (Lipinski definition) is 1. The van der Waals surface area contributed by atoms with Gasteiger partial charge in [0.15, 0.2) is 0 Å². The standard InChI is InChI=1S/C28H41N3O4.C4H10O.C2H6/c1-19(2)33-14-15-34-25-9-8-22(17-30-25)24-18-29-21(5)23(16-26(32)35-20(3)4)27(24)31-12-10-28(6,7)11-13-31;1-4(2,3)5;1-2/h8-9,17-20H,10-16H2,1-7H3;5H,1-3H3;1-2H3. The Balaban J connectivity index is 0.00000114. The van der Waals surface area contributed by atoms with Crippen LogP contribution in [0.3, 0.4) is 0 Å². The predicted octanol–water partition coefficient (Wildman–Crippen LogP) is 7.18. The number of aromatic nitrogens is 2. The SMILES string of the molecule is CC.CC(C)(C)O.Cc1ncc(-c2ccc(OCCOC(C)C)nc2)c(N2CCC(C)(C)CC2)c1CC(=O)OC(C)C. The number of aryl methyl sites for hydroxylation is 1. The summed E-state index contributed by atoms with van der Waals surface area (Å²) in [6, 6.07) is 3.88. The minimum atomic E-state index is -0.500. The van der Waals surface area contributed by atoms with E-state index in [0.29, 0.717) is 24.5 Å². The summed E-state index contributed by atoms with van der Waals surface area (Å²) in [5.74, 6) is 0.328. The molecule has 0 amide bonds. The minimum absolute atomic E-state index is 0.152. The van der Waals surface area contributed by atoms with Crippen molar-refractivity contribution in [2.24, 2.45) is 5.41 Å². The van der Waals surface area contributed by atoms with Crippen LogP contribution < -0.4 is 9.64 Å². The molecule has 8 heteroatoms. The van der Waals surface area contributed by atoms with Crippen molar-refractivity contribution >= 4 is 11.7 Å². The molecular weight excluding hydrogens is 530 g/mol. The molecular formula is C34H57N3O5. The molecule has 1 saturated heterocycles. The summed E-state index contributed by atoms with van der Waals surface area (Å²) in [6.07, 6.45) is 6.12. The lowest BCUT2D eigenvalue weighted by atomic mass is 9.82. The maximum absolute atomic E-state index is 12.7. The second kappa shape index (κ2) is 17.4. The molecule has 1 aliphatic rings. The average Bonchev–Trinajstić information content (AvgIpc) is 2.88. The van der Waals surface area contributed by atoms with Crippen LogP contribution in [-0.4, -0.2) is 65.2 Å². The summed E-state index contributed by atoms with van der Waals surface area (Å²) in [7, 11) is 0. The van der Waals surface area contributed by atoms with Crippen molar-refractivity contribution < 1.29 is 24.1 Å². The second-order valence-electron chi connectivity index (χ2n) is 12.8. The molecule has 1 aliphatic heterocycles. The maximum Gasteiger partial charge on any atom is 0.310 e. The predicted molar refractivity (Wildman–Crippen MR) is 172 cm³/mol. The zero-order valence-corrected chi connectivity index (χ0v) is 28.3. The van der Waals surface area contributed by atoms with Crippen LogP contribution in [0.15, 0.2) is 24.5 Å². The molecule has 8 nitrogen and oxygen atoms in total. The van der Waals surface area contributed by atoms with Crippen LogP contribution in [0.2, 0.25) is 0 Å². The lowest BCUT2D eigenvalue weighted by Crippen LogP contribution is -2.38. The Hall–Kier alpha value is -2.71. The molecule has 0 unspecified atom stereocenters. The third-order valence-corrected chi connectivity index (χ3v) is 6.32. The van der Waals surface area contributed by atoms with Gasteiger partial charge in [-0.25, -0.2) is 4.98 Å². The molecule has 3 heterocycles. The first-order valence-electron chi connectivity index (χ1n) is 15.4. The molecule has 0 bridgehead atoms. The third-order valence-electron chi connectivity index (χ3n) is 6.32. The van der Waals surface area contributed by atoms with Gasteiger partial charge in [0.2, 0.25) is 5.88 Å². The van der Waals surface area contributed by atoms with Crippen LogP contribution in [-0.2, 0) is 20.7 Å². The van der Waals surface area contributed by atoms with Crippen LogP contribution in [0, 0.1) is 12.3 Å². The molecule has 1 N–H and O–H groups in total. The van der Waals surface area contributed by atoms with Crippen molar-refractivity contribution in [1.29, 1.82) is 0 Å². The van der Waals surface area contributed by atoms with Gasteiger partial charge in [-0.05, 0) is 79.7 Å². The van der Waals surface area contributed by atoms with Gasteiger partial charge in [-0.3, -0.25) is 9.78 Å².